The van der Waals surface area contributed by atoms with Crippen LogP contribution in [0.15, 0.2) is 17.0 Å². The third kappa shape index (κ3) is 21.9. The van der Waals surface area contributed by atoms with Crippen molar-refractivity contribution in [3.63, 3.8) is 0 Å². The minimum atomic E-state index is -1.16. The molecule has 0 spiro atoms. The van der Waals surface area contributed by atoms with Crippen molar-refractivity contribution in [3.05, 3.63) is 11.9 Å². The summed E-state index contributed by atoms with van der Waals surface area (Å²) in [7, 11) is 0. The Balaban J connectivity index is 4.09. The van der Waals surface area contributed by atoms with Crippen molar-refractivity contribution >= 4 is 29.7 Å². The zero-order valence-electron chi connectivity index (χ0n) is 24.0. The zero-order chi connectivity index (χ0) is 30.9. The van der Waals surface area contributed by atoms with Crippen LogP contribution in [0.2, 0.25) is 0 Å². The summed E-state index contributed by atoms with van der Waals surface area (Å²) in [6.45, 7) is -0.180. The van der Waals surface area contributed by atoms with E-state index in [0.29, 0.717) is 6.42 Å². The lowest BCUT2D eigenvalue weighted by molar-refractivity contribution is -0.142. The number of hydrogen-bond donors (Lipinski definition) is 8. The van der Waals surface area contributed by atoms with E-state index in [1.807, 2.05) is 0 Å². The molecule has 0 aliphatic rings. The van der Waals surface area contributed by atoms with E-state index in [1.165, 1.54) is 25.5 Å². The van der Waals surface area contributed by atoms with Gasteiger partial charge in [-0.25, -0.2) is 10.3 Å². The fraction of sp³-hybridized carbons (Fsp3) is 0.741. The molecular formula is C27H49N7O7. The largest absolute Gasteiger partial charge is 0.481 e. The van der Waals surface area contributed by atoms with Crippen molar-refractivity contribution in [2.75, 3.05) is 13.1 Å². The Morgan fingerprint density at radius 2 is 1.24 bits per heavy atom. The summed E-state index contributed by atoms with van der Waals surface area (Å²) in [6.07, 6.45) is 14.1. The Hall–Kier alpha value is -3.55. The molecule has 0 radical (unpaired) electrons. The highest BCUT2D eigenvalue weighted by Crippen LogP contribution is 2.13. The number of nitrogens with two attached hydrogens (primary N) is 2. The normalized spacial score (nSPS) is 12.7. The number of rotatable bonds is 27. The summed E-state index contributed by atoms with van der Waals surface area (Å²) >= 11 is 0. The van der Waals surface area contributed by atoms with Gasteiger partial charge in [-0.3, -0.25) is 19.2 Å². The summed E-state index contributed by atoms with van der Waals surface area (Å²) in [6, 6.07) is -2.18. The van der Waals surface area contributed by atoms with E-state index >= 15 is 0 Å². The summed E-state index contributed by atoms with van der Waals surface area (Å²) in [5.41, 5.74) is 17.8. The van der Waals surface area contributed by atoms with Crippen LogP contribution in [0.5, 0.6) is 0 Å². The smallest absolute Gasteiger partial charge is 0.326 e. The summed E-state index contributed by atoms with van der Waals surface area (Å²) < 4.78 is 0. The SMILES string of the molecule is N=N/C(=C\NCC[C@H](NC(=O)CCCCCCCCCCCCCCC(=O)O)C(=O)O)C[C@H](NC(=O)CN)C(N)=O. The molecule has 10 N–H and O–H groups in total. The van der Waals surface area contributed by atoms with Gasteiger partial charge in [0.15, 0.2) is 0 Å². The zero-order valence-corrected chi connectivity index (χ0v) is 24.0. The maximum atomic E-state index is 12.2. The highest BCUT2D eigenvalue weighted by molar-refractivity contribution is 5.87. The monoisotopic (exact) mass is 583 g/mol. The number of carboxylic acids is 2. The Kier molecular flexibility index (Phi) is 22.2. The molecule has 0 heterocycles. The molecule has 0 saturated carbocycles. The van der Waals surface area contributed by atoms with Crippen molar-refractivity contribution in [1.29, 1.82) is 5.53 Å². The second-order valence-electron chi connectivity index (χ2n) is 10.0. The quantitative estimate of drug-likeness (QED) is 0.0520. The first-order valence-corrected chi connectivity index (χ1v) is 14.4. The maximum absolute atomic E-state index is 12.2. The lowest BCUT2D eigenvalue weighted by atomic mass is 10.0. The second kappa shape index (κ2) is 24.3. The number of nitrogens with zero attached hydrogens (tertiary/aromatic N) is 1. The fourth-order valence-electron chi connectivity index (χ4n) is 4.09. The molecule has 14 nitrogen and oxygen atoms in total. The van der Waals surface area contributed by atoms with Crippen LogP contribution in [0.4, 0.5) is 0 Å². The minimum absolute atomic E-state index is 0.0777. The van der Waals surface area contributed by atoms with Gasteiger partial charge >= 0.3 is 11.9 Å². The summed E-state index contributed by atoms with van der Waals surface area (Å²) in [4.78, 5) is 57.2. The summed E-state index contributed by atoms with van der Waals surface area (Å²) in [5, 5.41) is 29.0. The van der Waals surface area contributed by atoms with Crippen molar-refractivity contribution in [1.82, 2.24) is 16.0 Å². The molecule has 0 aromatic heterocycles. The standard InChI is InChI=1S/C27H49N7O7/c28-18-24(36)33-22(26(29)39)17-20(34-30)19-31-16-15-21(27(40)41)32-23(35)13-11-9-7-5-3-1-2-4-6-8-10-12-14-25(37)38/h19,21-22,30-31H,1-18,28H2,(H2,29,39)(H,32,35)(H,33,36)(H,37,38)(H,40,41)/b20-19-,34-30?/t21-,22-/m0/s1. The number of nitrogens with one attached hydrogen (secondary N) is 4. The van der Waals surface area contributed by atoms with E-state index in [2.05, 4.69) is 21.1 Å². The number of carboxylic acid groups (broad SMARTS) is 2. The van der Waals surface area contributed by atoms with Crippen LogP contribution in [0.25, 0.3) is 0 Å². The van der Waals surface area contributed by atoms with E-state index < -0.39 is 35.8 Å². The van der Waals surface area contributed by atoms with Gasteiger partial charge in [0.1, 0.15) is 12.1 Å². The Morgan fingerprint density at radius 3 is 1.68 bits per heavy atom. The van der Waals surface area contributed by atoms with Gasteiger partial charge in [-0.15, -0.1) is 0 Å². The fourth-order valence-corrected chi connectivity index (χ4v) is 4.09. The van der Waals surface area contributed by atoms with E-state index in [1.54, 1.807) is 0 Å². The highest BCUT2D eigenvalue weighted by Gasteiger charge is 2.20. The van der Waals surface area contributed by atoms with Gasteiger partial charge in [-0.1, -0.05) is 64.2 Å². The molecule has 0 unspecified atom stereocenters. The minimum Gasteiger partial charge on any atom is -0.481 e. The predicted octanol–water partition coefficient (Wildman–Crippen LogP) is 2.27. The van der Waals surface area contributed by atoms with Crippen molar-refractivity contribution < 1.29 is 34.2 Å². The predicted molar refractivity (Wildman–Crippen MR) is 152 cm³/mol. The average molecular weight is 584 g/mol. The summed E-state index contributed by atoms with van der Waals surface area (Å²) in [5.74, 6) is -3.61. The van der Waals surface area contributed by atoms with Gasteiger partial charge in [-0.05, 0) is 19.3 Å². The molecule has 0 saturated heterocycles. The van der Waals surface area contributed by atoms with E-state index in [0.717, 1.165) is 51.4 Å². The van der Waals surface area contributed by atoms with Crippen LogP contribution in [0, 0.1) is 5.53 Å². The van der Waals surface area contributed by atoms with Crippen molar-refractivity contribution in [2.45, 2.75) is 115 Å². The van der Waals surface area contributed by atoms with E-state index in [9.17, 15) is 29.1 Å². The number of amides is 3. The van der Waals surface area contributed by atoms with Crippen LogP contribution in [0.1, 0.15) is 103 Å². The first kappa shape index (κ1) is 37.5. The van der Waals surface area contributed by atoms with Gasteiger partial charge in [0.05, 0.1) is 12.2 Å². The number of carbonyl (C=O) groups is 5. The lowest BCUT2D eigenvalue weighted by Gasteiger charge is -2.16. The molecule has 14 heteroatoms. The Morgan fingerprint density at radius 1 is 0.756 bits per heavy atom. The number of primary amides is 1. The van der Waals surface area contributed by atoms with Crippen LogP contribution >= 0.6 is 0 Å². The molecule has 3 amide bonds. The Labute approximate surface area is 242 Å². The maximum Gasteiger partial charge on any atom is 0.326 e. The van der Waals surface area contributed by atoms with Crippen molar-refractivity contribution in [3.8, 4) is 0 Å². The van der Waals surface area contributed by atoms with Crippen LogP contribution in [-0.4, -0.2) is 65.0 Å². The van der Waals surface area contributed by atoms with Gasteiger partial charge in [0.2, 0.25) is 17.7 Å². The van der Waals surface area contributed by atoms with Gasteiger partial charge < -0.3 is 37.6 Å². The molecular weight excluding hydrogens is 534 g/mol. The van der Waals surface area contributed by atoms with Crippen LogP contribution in [0.3, 0.4) is 0 Å². The topological polar surface area (TPSA) is 250 Å². The van der Waals surface area contributed by atoms with Gasteiger partial charge in [0.25, 0.3) is 0 Å². The molecule has 0 fully saturated rings. The molecule has 0 rings (SSSR count). The number of aliphatic carboxylic acids is 2. The second-order valence-corrected chi connectivity index (χ2v) is 10.0. The third-order valence-electron chi connectivity index (χ3n) is 6.44. The lowest BCUT2D eigenvalue weighted by Crippen LogP contribution is -2.46. The van der Waals surface area contributed by atoms with Gasteiger partial charge in [-0.2, -0.15) is 5.11 Å². The number of unbranched alkanes of at least 4 members (excludes halogenated alkanes) is 11. The first-order chi connectivity index (χ1) is 19.6. The van der Waals surface area contributed by atoms with E-state index in [-0.39, 0.29) is 50.4 Å². The van der Waals surface area contributed by atoms with Crippen LogP contribution < -0.4 is 27.4 Å². The highest BCUT2D eigenvalue weighted by atomic mass is 16.4. The molecule has 0 aromatic rings. The molecule has 0 bridgehead atoms. The third-order valence-corrected chi connectivity index (χ3v) is 6.44. The number of hydrogen-bond acceptors (Lipinski definition) is 9. The van der Waals surface area contributed by atoms with E-state index in [4.69, 9.17) is 22.1 Å². The van der Waals surface area contributed by atoms with Crippen LogP contribution in [-0.2, 0) is 24.0 Å². The van der Waals surface area contributed by atoms with Gasteiger partial charge in [0, 0.05) is 32.0 Å². The average Bonchev–Trinajstić information content (AvgIpc) is 2.92. The molecule has 0 aliphatic carbocycles. The number of carbonyl (C=O) groups excluding carboxylic acids is 3. The first-order valence-electron chi connectivity index (χ1n) is 14.4. The van der Waals surface area contributed by atoms with Crippen molar-refractivity contribution in [2.24, 2.45) is 16.6 Å². The molecule has 0 aromatic carbocycles. The molecule has 2 atom stereocenters. The molecule has 234 valence electrons. The molecule has 41 heavy (non-hydrogen) atoms. The Bertz CT molecular complexity index is 852. The molecule has 0 aliphatic heterocycles.